The van der Waals surface area contributed by atoms with E-state index in [9.17, 15) is 5.26 Å². The molecule has 0 bridgehead atoms. The van der Waals surface area contributed by atoms with Crippen LogP contribution in [0.5, 0.6) is 0 Å². The molecule has 3 aliphatic heterocycles. The zero-order valence-electron chi connectivity index (χ0n) is 19.6. The van der Waals surface area contributed by atoms with Gasteiger partial charge >= 0.3 is 0 Å². The highest BCUT2D eigenvalue weighted by molar-refractivity contribution is 6.30. The van der Waals surface area contributed by atoms with E-state index < -0.39 is 0 Å². The van der Waals surface area contributed by atoms with Crippen LogP contribution < -0.4 is 9.80 Å². The molecule has 1 aliphatic carbocycles. The molecule has 0 amide bonds. The third-order valence-corrected chi connectivity index (χ3v) is 8.03. The third kappa shape index (κ3) is 3.41. The van der Waals surface area contributed by atoms with Gasteiger partial charge in [-0.05, 0) is 42.7 Å². The number of hydrogen-bond acceptors (Lipinski definition) is 9. The molecule has 7 rings (SSSR count). The van der Waals surface area contributed by atoms with Gasteiger partial charge in [-0.3, -0.25) is 9.47 Å². The van der Waals surface area contributed by atoms with Gasteiger partial charge in [0.1, 0.15) is 11.8 Å². The molecule has 0 unspecified atom stereocenters. The minimum atomic E-state index is -0.229. The number of rotatable bonds is 4. The first kappa shape index (κ1) is 21.5. The lowest BCUT2D eigenvalue weighted by Gasteiger charge is -2.60. The molecule has 0 atom stereocenters. The number of nitriles is 2. The molecule has 2 aromatic heterocycles. The maximum Gasteiger partial charge on any atom is 0.231 e. The molecule has 180 valence electrons. The maximum absolute atomic E-state index is 9.64. The number of anilines is 2. The summed E-state index contributed by atoms with van der Waals surface area (Å²) >= 11 is 6.38. The quantitative estimate of drug-likeness (QED) is 0.535. The highest BCUT2D eigenvalue weighted by Gasteiger charge is 2.54. The lowest BCUT2D eigenvalue weighted by Crippen LogP contribution is -2.73. The van der Waals surface area contributed by atoms with E-state index in [1.54, 1.807) is 12.3 Å². The van der Waals surface area contributed by atoms with Gasteiger partial charge in [0.2, 0.25) is 11.9 Å². The molecule has 2 saturated heterocycles. The second kappa shape index (κ2) is 7.63. The van der Waals surface area contributed by atoms with Crippen molar-refractivity contribution in [3.63, 3.8) is 0 Å². The summed E-state index contributed by atoms with van der Waals surface area (Å²) in [5.74, 6) is 2.35. The molecule has 1 saturated carbocycles. The van der Waals surface area contributed by atoms with Gasteiger partial charge in [0.05, 0.1) is 23.7 Å². The molecular formula is C25H23ClN10. The van der Waals surface area contributed by atoms with E-state index in [1.165, 1.54) is 0 Å². The summed E-state index contributed by atoms with van der Waals surface area (Å²) in [5, 5.41) is 28.7. The predicted molar refractivity (Wildman–Crippen MR) is 131 cm³/mol. The first-order valence-corrected chi connectivity index (χ1v) is 12.5. The van der Waals surface area contributed by atoms with Crippen molar-refractivity contribution in [3.8, 4) is 17.8 Å². The van der Waals surface area contributed by atoms with E-state index in [4.69, 9.17) is 16.9 Å². The summed E-state index contributed by atoms with van der Waals surface area (Å²) in [6, 6.07) is 12.2. The van der Waals surface area contributed by atoms with Crippen LogP contribution in [-0.2, 0) is 13.1 Å². The number of nitrogens with zero attached hydrogens (tertiary/aromatic N) is 10. The topological polar surface area (TPSA) is 114 Å². The first-order chi connectivity index (χ1) is 17.5. The number of halogens is 1. The fourth-order valence-corrected chi connectivity index (χ4v) is 6.02. The Hall–Kier alpha value is -3.73. The van der Waals surface area contributed by atoms with Crippen molar-refractivity contribution < 1.29 is 0 Å². The Morgan fingerprint density at radius 2 is 1.81 bits per heavy atom. The van der Waals surface area contributed by atoms with Crippen LogP contribution in [0.4, 0.5) is 11.9 Å². The van der Waals surface area contributed by atoms with Gasteiger partial charge in [0.25, 0.3) is 0 Å². The minimum Gasteiger partial charge on any atom is -0.339 e. The fraction of sp³-hybridized carbons (Fsp3) is 0.440. The number of aromatic nitrogens is 5. The summed E-state index contributed by atoms with van der Waals surface area (Å²) < 4.78 is 2.17. The standard InChI is InChI=1S/C25H23ClN10/c26-18-1-2-20-17(7-18)9-33(12-24(11-28)4-5-24)10-21-31-32-23(36(20)21)35-15-25(16-35)13-34(14-25)22-29-6-3-19(8-27)30-22/h1-3,6-7H,4-5,9-10,12-16H2. The monoisotopic (exact) mass is 498 g/mol. The van der Waals surface area contributed by atoms with E-state index in [1.807, 2.05) is 12.1 Å². The van der Waals surface area contributed by atoms with Crippen molar-refractivity contribution in [1.82, 2.24) is 29.6 Å². The Balaban J connectivity index is 1.13. The Morgan fingerprint density at radius 3 is 2.56 bits per heavy atom. The van der Waals surface area contributed by atoms with Crippen molar-refractivity contribution in [2.24, 2.45) is 10.8 Å². The van der Waals surface area contributed by atoms with E-state index in [0.717, 1.165) is 75.1 Å². The number of hydrogen-bond donors (Lipinski definition) is 0. The predicted octanol–water partition coefficient (Wildman–Crippen LogP) is 2.53. The van der Waals surface area contributed by atoms with Crippen LogP contribution in [0.1, 0.15) is 29.9 Å². The van der Waals surface area contributed by atoms with Gasteiger partial charge in [0.15, 0.2) is 5.82 Å². The van der Waals surface area contributed by atoms with Gasteiger partial charge in [-0.2, -0.15) is 10.5 Å². The van der Waals surface area contributed by atoms with Crippen LogP contribution in [0.2, 0.25) is 5.02 Å². The van der Waals surface area contributed by atoms with Crippen molar-refractivity contribution in [3.05, 3.63) is 52.6 Å². The van der Waals surface area contributed by atoms with Crippen LogP contribution in [-0.4, -0.2) is 62.4 Å². The molecule has 11 heteroatoms. The molecule has 5 heterocycles. The molecule has 3 fully saturated rings. The molecule has 1 aromatic carbocycles. The van der Waals surface area contributed by atoms with Crippen LogP contribution in [0.15, 0.2) is 30.5 Å². The molecule has 4 aliphatic rings. The Bertz CT molecular complexity index is 1450. The van der Waals surface area contributed by atoms with Crippen LogP contribution >= 0.6 is 11.6 Å². The van der Waals surface area contributed by atoms with E-state index in [0.29, 0.717) is 23.2 Å². The van der Waals surface area contributed by atoms with E-state index in [-0.39, 0.29) is 10.8 Å². The Labute approximate surface area is 213 Å². The van der Waals surface area contributed by atoms with Crippen LogP contribution in [0.25, 0.3) is 5.69 Å². The lowest BCUT2D eigenvalue weighted by atomic mass is 9.73. The van der Waals surface area contributed by atoms with Crippen molar-refractivity contribution >= 4 is 23.5 Å². The average Bonchev–Trinajstić information content (AvgIpc) is 3.52. The van der Waals surface area contributed by atoms with Gasteiger partial charge in [0, 0.05) is 55.9 Å². The van der Waals surface area contributed by atoms with Crippen molar-refractivity contribution in [2.75, 3.05) is 42.5 Å². The molecule has 1 spiro atoms. The third-order valence-electron chi connectivity index (χ3n) is 7.80. The summed E-state index contributed by atoms with van der Waals surface area (Å²) in [4.78, 5) is 15.4. The Kier molecular flexibility index (Phi) is 4.57. The number of fused-ring (bicyclic) bond motifs is 3. The zero-order chi connectivity index (χ0) is 24.5. The largest absolute Gasteiger partial charge is 0.339 e. The van der Waals surface area contributed by atoms with Gasteiger partial charge in [-0.25, -0.2) is 9.97 Å². The SMILES string of the molecule is N#Cc1ccnc(N2CC3(C2)CN(c2nnc4n2-c2ccc(Cl)cc2CN(CC2(C#N)CC2)C4)C3)n1. The zero-order valence-corrected chi connectivity index (χ0v) is 20.4. The van der Waals surface area contributed by atoms with Crippen LogP contribution in [0.3, 0.4) is 0 Å². The lowest BCUT2D eigenvalue weighted by molar-refractivity contribution is 0.152. The molecule has 3 aromatic rings. The minimum absolute atomic E-state index is 0.170. The number of benzene rings is 1. The van der Waals surface area contributed by atoms with Gasteiger partial charge in [-0.1, -0.05) is 11.6 Å². The fourth-order valence-electron chi connectivity index (χ4n) is 5.83. The molecule has 10 nitrogen and oxygen atoms in total. The van der Waals surface area contributed by atoms with E-state index >= 15 is 0 Å². The highest BCUT2D eigenvalue weighted by atomic mass is 35.5. The molecule has 36 heavy (non-hydrogen) atoms. The highest BCUT2D eigenvalue weighted by Crippen LogP contribution is 2.47. The summed E-state index contributed by atoms with van der Waals surface area (Å²) in [7, 11) is 0. The summed E-state index contributed by atoms with van der Waals surface area (Å²) in [6.45, 7) is 5.57. The smallest absolute Gasteiger partial charge is 0.231 e. The maximum atomic E-state index is 9.64. The summed E-state index contributed by atoms with van der Waals surface area (Å²) in [6.07, 6.45) is 3.55. The van der Waals surface area contributed by atoms with Crippen LogP contribution in [0, 0.1) is 33.5 Å². The molecule has 0 radical (unpaired) electrons. The second-order valence-corrected chi connectivity index (χ2v) is 11.1. The molecule has 0 N–H and O–H groups in total. The normalized spacial score (nSPS) is 20.9. The van der Waals surface area contributed by atoms with Gasteiger partial charge in [-0.15, -0.1) is 10.2 Å². The Morgan fingerprint density at radius 1 is 1.00 bits per heavy atom. The average molecular weight is 499 g/mol. The second-order valence-electron chi connectivity index (χ2n) is 10.6. The van der Waals surface area contributed by atoms with Crippen molar-refractivity contribution in [1.29, 1.82) is 10.5 Å². The summed E-state index contributed by atoms with van der Waals surface area (Å²) in [5.41, 5.74) is 2.50. The van der Waals surface area contributed by atoms with Gasteiger partial charge < -0.3 is 9.80 Å². The van der Waals surface area contributed by atoms with E-state index in [2.05, 4.69) is 57.6 Å². The molecular weight excluding hydrogens is 476 g/mol. The first-order valence-electron chi connectivity index (χ1n) is 12.1. The van der Waals surface area contributed by atoms with Crippen molar-refractivity contribution in [2.45, 2.75) is 25.9 Å².